The number of thioether (sulfide) groups is 1. The van der Waals surface area contributed by atoms with Gasteiger partial charge in [-0.15, -0.1) is 0 Å². The molecular formula is C40H40N4S. The van der Waals surface area contributed by atoms with Crippen molar-refractivity contribution in [2.75, 3.05) is 16.8 Å². The summed E-state index contributed by atoms with van der Waals surface area (Å²) in [5, 5.41) is 1.07. The van der Waals surface area contributed by atoms with Crippen LogP contribution < -0.4 is 9.80 Å². The second kappa shape index (κ2) is 13.6. The number of rotatable bonds is 5. The largest absolute Gasteiger partial charge is 0.351 e. The summed E-state index contributed by atoms with van der Waals surface area (Å²) in [4.78, 5) is 16.8. The van der Waals surface area contributed by atoms with E-state index in [0.717, 1.165) is 69.9 Å². The Bertz CT molecular complexity index is 1880. The third-order valence-corrected chi connectivity index (χ3v) is 9.64. The van der Waals surface area contributed by atoms with Crippen molar-refractivity contribution in [2.45, 2.75) is 50.8 Å². The zero-order valence-electron chi connectivity index (χ0n) is 26.5. The molecule has 0 spiro atoms. The average Bonchev–Trinajstić information content (AvgIpc) is 3.18. The maximum Gasteiger partial charge on any atom is 0.235 e. The van der Waals surface area contributed by atoms with E-state index in [1.165, 1.54) is 28.0 Å². The van der Waals surface area contributed by atoms with Crippen molar-refractivity contribution in [3.8, 4) is 0 Å². The Kier molecular flexibility index (Phi) is 9.18. The third kappa shape index (κ3) is 6.45. The van der Waals surface area contributed by atoms with Crippen LogP contribution in [0.1, 0.15) is 55.8 Å². The highest BCUT2D eigenvalue weighted by Gasteiger charge is 2.23. The summed E-state index contributed by atoms with van der Waals surface area (Å²) >= 11 is 1.69. The van der Waals surface area contributed by atoms with Crippen molar-refractivity contribution in [3.63, 3.8) is 0 Å². The van der Waals surface area contributed by atoms with Crippen LogP contribution in [0.5, 0.6) is 0 Å². The molecule has 0 atom stereocenters. The molecule has 0 saturated heterocycles. The van der Waals surface area contributed by atoms with Gasteiger partial charge in [0.2, 0.25) is 5.95 Å². The van der Waals surface area contributed by atoms with Gasteiger partial charge in [0.15, 0.2) is 0 Å². The molecule has 0 radical (unpaired) electrons. The van der Waals surface area contributed by atoms with E-state index in [1.54, 1.807) is 11.8 Å². The lowest BCUT2D eigenvalue weighted by atomic mass is 9.95. The van der Waals surface area contributed by atoms with Crippen LogP contribution >= 0.6 is 11.8 Å². The molecule has 3 aromatic rings. The average molecular weight is 609 g/mol. The molecule has 3 aliphatic rings. The van der Waals surface area contributed by atoms with Gasteiger partial charge in [-0.25, -0.2) is 9.97 Å². The van der Waals surface area contributed by atoms with Crippen LogP contribution in [-0.2, 0) is 0 Å². The molecule has 2 aliphatic heterocycles. The molecule has 0 saturated carbocycles. The SMILES string of the molecule is C=C/C(=C\C)Sc1cccc2nc(N3C(=C)/C=C\C(c4ccc5c(c4)/C=C/CC/C=C/N5C)=C/CC4=C3C=CCC4)nc(C)c12. The minimum absolute atomic E-state index is 0.646. The molecule has 6 rings (SSSR count). The van der Waals surface area contributed by atoms with Gasteiger partial charge in [0, 0.05) is 39.3 Å². The number of hydrogen-bond donors (Lipinski definition) is 0. The van der Waals surface area contributed by atoms with Crippen molar-refractivity contribution < 1.29 is 0 Å². The van der Waals surface area contributed by atoms with Gasteiger partial charge in [0.1, 0.15) is 0 Å². The molecule has 1 aliphatic carbocycles. The number of anilines is 2. The van der Waals surface area contributed by atoms with Gasteiger partial charge in [-0.3, -0.25) is 4.90 Å². The summed E-state index contributed by atoms with van der Waals surface area (Å²) in [5.41, 5.74) is 9.99. The van der Waals surface area contributed by atoms with E-state index >= 15 is 0 Å². The third-order valence-electron chi connectivity index (χ3n) is 8.44. The van der Waals surface area contributed by atoms with E-state index in [1.807, 2.05) is 13.0 Å². The number of aromatic nitrogens is 2. The first-order valence-electron chi connectivity index (χ1n) is 15.7. The summed E-state index contributed by atoms with van der Waals surface area (Å²) in [6.07, 6.45) is 29.0. The summed E-state index contributed by atoms with van der Waals surface area (Å²) in [5.74, 6) is 0.646. The van der Waals surface area contributed by atoms with Crippen molar-refractivity contribution in [1.82, 2.24) is 9.97 Å². The molecule has 0 amide bonds. The summed E-state index contributed by atoms with van der Waals surface area (Å²) in [7, 11) is 2.12. The molecule has 5 heteroatoms. The number of hydrogen-bond acceptors (Lipinski definition) is 5. The Morgan fingerprint density at radius 2 is 1.82 bits per heavy atom. The van der Waals surface area contributed by atoms with Crippen molar-refractivity contribution in [1.29, 1.82) is 0 Å². The first-order valence-corrected chi connectivity index (χ1v) is 16.5. The summed E-state index contributed by atoms with van der Waals surface area (Å²) in [6.45, 7) is 12.6. The molecule has 0 fully saturated rings. The highest BCUT2D eigenvalue weighted by Crippen LogP contribution is 2.38. The van der Waals surface area contributed by atoms with Gasteiger partial charge >= 0.3 is 0 Å². The van der Waals surface area contributed by atoms with Crippen LogP contribution in [-0.4, -0.2) is 17.0 Å². The predicted octanol–water partition coefficient (Wildman–Crippen LogP) is 10.8. The van der Waals surface area contributed by atoms with E-state index in [0.29, 0.717) is 5.95 Å². The Labute approximate surface area is 272 Å². The van der Waals surface area contributed by atoms with Gasteiger partial charge in [-0.1, -0.05) is 85.7 Å². The number of benzene rings is 2. The molecule has 0 unspecified atom stereocenters. The molecule has 4 nitrogen and oxygen atoms in total. The van der Waals surface area contributed by atoms with E-state index in [9.17, 15) is 0 Å². The fourth-order valence-corrected chi connectivity index (χ4v) is 7.01. The molecule has 0 bridgehead atoms. The van der Waals surface area contributed by atoms with E-state index in [2.05, 4.69) is 134 Å². The normalized spacial score (nSPS) is 20.5. The van der Waals surface area contributed by atoms with Crippen molar-refractivity contribution in [3.05, 3.63) is 149 Å². The van der Waals surface area contributed by atoms with Gasteiger partial charge in [0.05, 0.1) is 11.2 Å². The zero-order chi connectivity index (χ0) is 31.3. The van der Waals surface area contributed by atoms with Crippen LogP contribution in [0.3, 0.4) is 0 Å². The van der Waals surface area contributed by atoms with Crippen LogP contribution in [0.2, 0.25) is 0 Å². The first-order chi connectivity index (χ1) is 22.0. The maximum atomic E-state index is 5.14. The monoisotopic (exact) mass is 608 g/mol. The first kappa shape index (κ1) is 30.4. The van der Waals surface area contributed by atoms with Crippen molar-refractivity contribution >= 4 is 45.9 Å². The standard InChI is InChI=1S/C40H40N4S/c1-6-34(7-2)45-38-19-14-17-35-39(38)29(4)41-40(42-35)44-28(3)20-21-30(22-23-31-15-11-12-18-37(31)44)32-24-25-36-33(27-32)16-10-8-9-13-26-43(36)5/h6-7,10,12-14,16-22,24-27H,1,3,8-9,11,15,23H2,2,4-5H3/b16-10+,21-20-,26-13+,30-22+,34-7+. The molecule has 3 heterocycles. The molecule has 0 N–H and O–H groups in total. The van der Waals surface area contributed by atoms with Gasteiger partial charge in [0.25, 0.3) is 0 Å². The summed E-state index contributed by atoms with van der Waals surface area (Å²) in [6, 6.07) is 13.0. The van der Waals surface area contributed by atoms with Gasteiger partial charge in [-0.2, -0.15) is 0 Å². The Hall–Kier alpha value is -4.61. The van der Waals surface area contributed by atoms with Crippen molar-refractivity contribution in [2.24, 2.45) is 0 Å². The Morgan fingerprint density at radius 3 is 2.67 bits per heavy atom. The highest BCUT2D eigenvalue weighted by molar-refractivity contribution is 8.03. The minimum atomic E-state index is 0.646. The van der Waals surface area contributed by atoms with E-state index in [4.69, 9.17) is 9.97 Å². The topological polar surface area (TPSA) is 32.3 Å². The fourth-order valence-electron chi connectivity index (χ4n) is 6.05. The smallest absolute Gasteiger partial charge is 0.235 e. The van der Waals surface area contributed by atoms with Gasteiger partial charge in [-0.05, 0) is 111 Å². The van der Waals surface area contributed by atoms with Crippen LogP contribution in [0.25, 0.3) is 22.6 Å². The molecule has 1 aromatic heterocycles. The number of fused-ring (bicyclic) bond motifs is 2. The fraction of sp³-hybridized carbons (Fsp3) is 0.200. The maximum absolute atomic E-state index is 5.14. The lowest BCUT2D eigenvalue weighted by molar-refractivity contribution is 0.874. The Balaban J connectivity index is 1.41. The second-order valence-corrected chi connectivity index (χ2v) is 12.6. The van der Waals surface area contributed by atoms with E-state index < -0.39 is 0 Å². The molecular weight excluding hydrogens is 569 g/mol. The number of aryl methyl sites for hydroxylation is 1. The lowest BCUT2D eigenvalue weighted by Gasteiger charge is -2.28. The zero-order valence-corrected chi connectivity index (χ0v) is 27.3. The number of nitrogens with zero attached hydrogens (tertiary/aromatic N) is 4. The highest BCUT2D eigenvalue weighted by atomic mass is 32.2. The van der Waals surface area contributed by atoms with Crippen LogP contribution in [0.4, 0.5) is 11.6 Å². The van der Waals surface area contributed by atoms with E-state index in [-0.39, 0.29) is 0 Å². The molecule has 226 valence electrons. The predicted molar refractivity (Wildman–Crippen MR) is 195 cm³/mol. The Morgan fingerprint density at radius 1 is 0.978 bits per heavy atom. The number of allylic oxidation sites excluding steroid dienone is 11. The van der Waals surface area contributed by atoms with Gasteiger partial charge < -0.3 is 4.90 Å². The molecule has 2 aromatic carbocycles. The second-order valence-electron chi connectivity index (χ2n) is 11.5. The summed E-state index contributed by atoms with van der Waals surface area (Å²) < 4.78 is 0. The van der Waals surface area contributed by atoms with Crippen LogP contribution in [0, 0.1) is 6.92 Å². The minimum Gasteiger partial charge on any atom is -0.351 e. The van der Waals surface area contributed by atoms with Crippen LogP contribution in [0.15, 0.2) is 137 Å². The lowest BCUT2D eigenvalue weighted by Crippen LogP contribution is -2.24. The quantitative estimate of drug-likeness (QED) is 0.213. The molecule has 45 heavy (non-hydrogen) atoms.